The molecule has 0 unspecified atom stereocenters. The third-order valence-electron chi connectivity index (χ3n) is 4.63. The molecule has 2 aromatic heterocycles. The number of rotatable bonds is 8. The van der Waals surface area contributed by atoms with E-state index in [2.05, 4.69) is 34.3 Å². The number of anilines is 1. The van der Waals surface area contributed by atoms with Gasteiger partial charge in [0.1, 0.15) is 14.9 Å². The Morgan fingerprint density at radius 3 is 2.48 bits per heavy atom. The fourth-order valence-corrected chi connectivity index (χ4v) is 4.90. The number of ether oxygens (including phenoxy) is 2. The average Bonchev–Trinajstić information content (AvgIpc) is 3.35. The summed E-state index contributed by atoms with van der Waals surface area (Å²) in [5.74, 6) is 1.41. The molecule has 0 bridgehead atoms. The highest BCUT2D eigenvalue weighted by atomic mass is 32.1. The Hall–Kier alpha value is -2.52. The minimum atomic E-state index is -0.223. The van der Waals surface area contributed by atoms with Crippen molar-refractivity contribution in [1.29, 1.82) is 0 Å². The molecule has 0 radical (unpaired) electrons. The smallest absolute Gasteiger partial charge is 0.269 e. The summed E-state index contributed by atoms with van der Waals surface area (Å²) < 4.78 is 10.6. The molecule has 0 aliphatic rings. The van der Waals surface area contributed by atoms with Crippen molar-refractivity contribution in [3.63, 3.8) is 0 Å². The van der Waals surface area contributed by atoms with E-state index in [1.54, 1.807) is 14.2 Å². The van der Waals surface area contributed by atoms with Crippen LogP contribution in [0.15, 0.2) is 18.2 Å². The highest BCUT2D eigenvalue weighted by Gasteiger charge is 2.20. The number of methoxy groups -OCH3 is 2. The molecule has 2 heterocycles. The van der Waals surface area contributed by atoms with Crippen molar-refractivity contribution < 1.29 is 14.3 Å². The van der Waals surface area contributed by atoms with Crippen molar-refractivity contribution >= 4 is 33.7 Å². The normalized spacial score (nSPS) is 11.0. The second kappa shape index (κ2) is 9.32. The maximum atomic E-state index is 12.8. The van der Waals surface area contributed by atoms with Gasteiger partial charge < -0.3 is 9.47 Å². The van der Waals surface area contributed by atoms with Gasteiger partial charge in [0.15, 0.2) is 11.5 Å². The molecule has 0 spiro atoms. The van der Waals surface area contributed by atoms with Crippen LogP contribution in [0.5, 0.6) is 11.5 Å². The van der Waals surface area contributed by atoms with Gasteiger partial charge in [-0.05, 0) is 38.0 Å². The molecule has 0 aliphatic heterocycles. The van der Waals surface area contributed by atoms with Gasteiger partial charge in [0, 0.05) is 11.5 Å². The molecular weight excluding hydrogens is 408 g/mol. The molecule has 1 aromatic carbocycles. The van der Waals surface area contributed by atoms with Gasteiger partial charge in [-0.15, -0.1) is 21.5 Å². The topological polar surface area (TPSA) is 86.2 Å². The molecule has 0 fully saturated rings. The molecule has 29 heavy (non-hydrogen) atoms. The fraction of sp³-hybridized carbons (Fsp3) is 0.400. The number of nitrogens with zero attached hydrogens (tertiary/aromatic N) is 3. The summed E-state index contributed by atoms with van der Waals surface area (Å²) in [6, 6.07) is 5.57. The van der Waals surface area contributed by atoms with Gasteiger partial charge in [-0.25, -0.2) is 4.98 Å². The first-order valence-corrected chi connectivity index (χ1v) is 11.0. The summed E-state index contributed by atoms with van der Waals surface area (Å²) >= 11 is 2.76. The Bertz CT molecular complexity index is 996. The van der Waals surface area contributed by atoms with Crippen LogP contribution in [0, 0.1) is 6.92 Å². The zero-order valence-electron chi connectivity index (χ0n) is 17.1. The number of benzene rings is 1. The predicted octanol–water partition coefficient (Wildman–Crippen LogP) is 5.14. The molecule has 3 rings (SSSR count). The van der Waals surface area contributed by atoms with Gasteiger partial charge in [-0.3, -0.25) is 10.1 Å². The van der Waals surface area contributed by atoms with Gasteiger partial charge >= 0.3 is 0 Å². The second-order valence-electron chi connectivity index (χ2n) is 6.42. The molecule has 0 aliphatic carbocycles. The number of aryl methyl sites for hydroxylation is 1. The molecule has 0 atom stereocenters. The lowest BCUT2D eigenvalue weighted by molar-refractivity contribution is 0.102. The number of aromatic nitrogens is 3. The summed E-state index contributed by atoms with van der Waals surface area (Å²) in [7, 11) is 3.18. The van der Waals surface area contributed by atoms with Crippen molar-refractivity contribution in [2.75, 3.05) is 19.5 Å². The van der Waals surface area contributed by atoms with Crippen LogP contribution in [0.1, 0.15) is 53.0 Å². The summed E-state index contributed by atoms with van der Waals surface area (Å²) in [5.41, 5.74) is 1.53. The monoisotopic (exact) mass is 432 g/mol. The number of nitrogens with one attached hydrogen (secondary N) is 1. The third-order valence-corrected chi connectivity index (χ3v) is 6.84. The standard InChI is InChI=1S/C20H24N4O3S2/c1-6-12(7-2)19-23-24-20(29-19)22-17(25)16-11(3)21-18(28-16)13-8-9-14(26-4)15(10-13)27-5/h8-10,12H,6-7H2,1-5H3,(H,22,24,25). The van der Waals surface area contributed by atoms with Gasteiger partial charge in [-0.2, -0.15) is 0 Å². The summed E-state index contributed by atoms with van der Waals surface area (Å²) in [6.45, 7) is 6.08. The van der Waals surface area contributed by atoms with Crippen LogP contribution in [0.25, 0.3) is 10.6 Å². The van der Waals surface area contributed by atoms with Crippen LogP contribution >= 0.6 is 22.7 Å². The minimum Gasteiger partial charge on any atom is -0.493 e. The van der Waals surface area contributed by atoms with E-state index in [4.69, 9.17) is 9.47 Å². The lowest BCUT2D eigenvalue weighted by atomic mass is 10.1. The highest BCUT2D eigenvalue weighted by molar-refractivity contribution is 7.17. The number of amides is 1. The van der Waals surface area contributed by atoms with Gasteiger partial charge in [0.05, 0.1) is 19.9 Å². The molecule has 9 heteroatoms. The maximum Gasteiger partial charge on any atom is 0.269 e. The number of carbonyl (C=O) groups is 1. The quantitative estimate of drug-likeness (QED) is 0.530. The van der Waals surface area contributed by atoms with Crippen molar-refractivity contribution in [3.8, 4) is 22.1 Å². The SMILES string of the molecule is CCC(CC)c1nnc(NC(=O)c2sc(-c3ccc(OC)c(OC)c3)nc2C)s1. The maximum absolute atomic E-state index is 12.8. The molecule has 154 valence electrons. The van der Waals surface area contributed by atoms with Crippen LogP contribution in [0.4, 0.5) is 5.13 Å². The van der Waals surface area contributed by atoms with Gasteiger partial charge in [0.2, 0.25) is 5.13 Å². The van der Waals surface area contributed by atoms with Gasteiger partial charge in [-0.1, -0.05) is 25.2 Å². The van der Waals surface area contributed by atoms with Crippen molar-refractivity contribution in [3.05, 3.63) is 33.8 Å². The first kappa shape index (κ1) is 21.2. The molecule has 0 saturated heterocycles. The predicted molar refractivity (Wildman–Crippen MR) is 117 cm³/mol. The molecular formula is C20H24N4O3S2. The highest BCUT2D eigenvalue weighted by Crippen LogP contribution is 2.35. The first-order chi connectivity index (χ1) is 14.0. The Balaban J connectivity index is 1.80. The summed E-state index contributed by atoms with van der Waals surface area (Å²) in [6.07, 6.45) is 2.00. The van der Waals surface area contributed by atoms with E-state index >= 15 is 0 Å². The summed E-state index contributed by atoms with van der Waals surface area (Å²) in [5, 5.41) is 13.4. The van der Waals surface area contributed by atoms with Gasteiger partial charge in [0.25, 0.3) is 5.91 Å². The first-order valence-electron chi connectivity index (χ1n) is 9.35. The van der Waals surface area contributed by atoms with Crippen LogP contribution < -0.4 is 14.8 Å². The Morgan fingerprint density at radius 2 is 1.83 bits per heavy atom. The van der Waals surface area contributed by atoms with Crippen LogP contribution in [-0.4, -0.2) is 35.3 Å². The largest absolute Gasteiger partial charge is 0.493 e. The summed E-state index contributed by atoms with van der Waals surface area (Å²) in [4.78, 5) is 17.9. The molecule has 3 aromatic rings. The second-order valence-corrected chi connectivity index (χ2v) is 8.42. The van der Waals surface area contributed by atoms with Crippen LogP contribution in [0.2, 0.25) is 0 Å². The molecule has 1 amide bonds. The van der Waals surface area contributed by atoms with Crippen LogP contribution in [0.3, 0.4) is 0 Å². The van der Waals surface area contributed by atoms with E-state index in [0.717, 1.165) is 28.4 Å². The van der Waals surface area contributed by atoms with Crippen molar-refractivity contribution in [2.24, 2.45) is 0 Å². The van der Waals surface area contributed by atoms with E-state index in [0.29, 0.717) is 33.1 Å². The van der Waals surface area contributed by atoms with E-state index in [1.807, 2.05) is 25.1 Å². The van der Waals surface area contributed by atoms with E-state index in [-0.39, 0.29) is 5.91 Å². The lowest BCUT2D eigenvalue weighted by Crippen LogP contribution is -2.11. The fourth-order valence-electron chi connectivity index (χ4n) is 2.94. The van der Waals surface area contributed by atoms with E-state index < -0.39 is 0 Å². The van der Waals surface area contributed by atoms with E-state index in [9.17, 15) is 4.79 Å². The number of hydrogen-bond donors (Lipinski definition) is 1. The van der Waals surface area contributed by atoms with E-state index in [1.165, 1.54) is 22.7 Å². The number of thiazole rings is 1. The molecule has 0 saturated carbocycles. The third kappa shape index (κ3) is 4.56. The Kier molecular flexibility index (Phi) is 6.81. The average molecular weight is 433 g/mol. The Labute approximate surface area is 178 Å². The molecule has 1 N–H and O–H groups in total. The minimum absolute atomic E-state index is 0.223. The zero-order valence-corrected chi connectivity index (χ0v) is 18.7. The lowest BCUT2D eigenvalue weighted by Gasteiger charge is -2.08. The Morgan fingerprint density at radius 1 is 1.10 bits per heavy atom. The number of carbonyl (C=O) groups excluding carboxylic acids is 1. The molecule has 7 nitrogen and oxygen atoms in total. The van der Waals surface area contributed by atoms with Crippen LogP contribution in [-0.2, 0) is 0 Å². The van der Waals surface area contributed by atoms with Crippen molar-refractivity contribution in [1.82, 2.24) is 15.2 Å². The zero-order chi connectivity index (χ0) is 21.0. The van der Waals surface area contributed by atoms with Crippen molar-refractivity contribution in [2.45, 2.75) is 39.5 Å². The number of hydrogen-bond acceptors (Lipinski definition) is 8.